The molecule has 0 radical (unpaired) electrons. The molecule has 3 aromatic rings. The molecule has 1 aliphatic carbocycles. The number of hydrogen-bond donors (Lipinski definition) is 2. The van der Waals surface area contributed by atoms with Crippen molar-refractivity contribution in [1.29, 1.82) is 0 Å². The van der Waals surface area contributed by atoms with Gasteiger partial charge in [-0.2, -0.15) is 0 Å². The van der Waals surface area contributed by atoms with Gasteiger partial charge in [0.25, 0.3) is 5.91 Å². The quantitative estimate of drug-likeness (QED) is 0.268. The number of carbonyl (C=O) groups excluding carboxylic acids is 2. The third-order valence-electron chi connectivity index (χ3n) is 8.24. The molecule has 2 saturated heterocycles. The van der Waals surface area contributed by atoms with Crippen molar-refractivity contribution >= 4 is 17.8 Å². The molecule has 11 nitrogen and oxygen atoms in total. The Morgan fingerprint density at radius 3 is 2.35 bits per heavy atom. The first kappa shape index (κ1) is 31.6. The topological polar surface area (TPSA) is 128 Å². The van der Waals surface area contributed by atoms with E-state index in [1.54, 1.807) is 39.0 Å². The highest BCUT2D eigenvalue weighted by Gasteiger charge is 2.42. The number of halogens is 3. The van der Waals surface area contributed by atoms with E-state index >= 15 is 0 Å². The average Bonchev–Trinajstić information content (AvgIpc) is 3.69. The summed E-state index contributed by atoms with van der Waals surface area (Å²) in [5.74, 6) is 0.727. The van der Waals surface area contributed by atoms with Crippen LogP contribution < -0.4 is 20.5 Å². The van der Waals surface area contributed by atoms with E-state index in [0.717, 1.165) is 44.3 Å². The number of rotatable bonds is 8. The molecule has 2 amide bonds. The maximum Gasteiger partial charge on any atom is 0.573 e. The smallest absolute Gasteiger partial charge is 0.443 e. The molecule has 0 spiro atoms. The number of alkyl halides is 3. The Morgan fingerprint density at radius 2 is 1.72 bits per heavy atom. The summed E-state index contributed by atoms with van der Waals surface area (Å²) in [6, 6.07) is 9.72. The molecule has 3 aliphatic rings. The normalized spacial score (nSPS) is 21.2. The predicted molar refractivity (Wildman–Crippen MR) is 159 cm³/mol. The lowest BCUT2D eigenvalue weighted by molar-refractivity contribution is -0.274. The number of nitrogens with zero attached hydrogens (tertiary/aromatic N) is 3. The number of hydrazine groups is 1. The number of fused-ring (bicyclic) bond motifs is 2. The fourth-order valence-corrected chi connectivity index (χ4v) is 6.21. The minimum Gasteiger partial charge on any atom is -0.443 e. The number of amides is 2. The van der Waals surface area contributed by atoms with Crippen LogP contribution in [0, 0.1) is 0 Å². The Hall–Kier alpha value is -4.33. The second-order valence-corrected chi connectivity index (χ2v) is 12.9. The highest BCUT2D eigenvalue weighted by molar-refractivity contribution is 5.94. The van der Waals surface area contributed by atoms with Gasteiger partial charge in [-0.15, -0.1) is 13.2 Å². The number of para-hydroxylation sites is 1. The first-order valence-corrected chi connectivity index (χ1v) is 15.3. The van der Waals surface area contributed by atoms with E-state index in [1.807, 2.05) is 0 Å². The van der Waals surface area contributed by atoms with Crippen LogP contribution in [0.5, 0.6) is 5.75 Å². The lowest BCUT2D eigenvalue weighted by atomic mass is 9.99. The highest BCUT2D eigenvalue weighted by Crippen LogP contribution is 2.46. The van der Waals surface area contributed by atoms with Crippen LogP contribution >= 0.6 is 0 Å². The summed E-state index contributed by atoms with van der Waals surface area (Å²) in [6.45, 7) is 5.32. The second-order valence-electron chi connectivity index (χ2n) is 12.9. The number of nitrogens with one attached hydrogen (secondary N) is 2. The average molecular weight is 644 g/mol. The molecule has 46 heavy (non-hydrogen) atoms. The lowest BCUT2D eigenvalue weighted by Crippen LogP contribution is -2.46. The van der Waals surface area contributed by atoms with Gasteiger partial charge in [-0.25, -0.2) is 15.2 Å². The molecule has 2 N–H and O–H groups in total. The number of benzene rings is 1. The molecule has 3 atom stereocenters. The van der Waals surface area contributed by atoms with Crippen LogP contribution in [0.2, 0.25) is 0 Å². The maximum absolute atomic E-state index is 13.1. The third-order valence-corrected chi connectivity index (χ3v) is 8.24. The Kier molecular flexibility index (Phi) is 8.57. The molecule has 1 saturated carbocycles. The zero-order valence-electron chi connectivity index (χ0n) is 25.7. The molecule has 2 aromatic heterocycles. The largest absolute Gasteiger partial charge is 0.573 e. The van der Waals surface area contributed by atoms with E-state index in [2.05, 4.69) is 30.6 Å². The van der Waals surface area contributed by atoms with Gasteiger partial charge >= 0.3 is 12.5 Å². The molecule has 6 rings (SSSR count). The Morgan fingerprint density at radius 1 is 1.00 bits per heavy atom. The Balaban J connectivity index is 1.09. The molecule has 1 unspecified atom stereocenters. The minimum atomic E-state index is -4.84. The van der Waals surface area contributed by atoms with Crippen LogP contribution in [0.1, 0.15) is 86.9 Å². The summed E-state index contributed by atoms with van der Waals surface area (Å²) >= 11 is 0. The summed E-state index contributed by atoms with van der Waals surface area (Å²) in [5, 5.41) is 4.18. The van der Waals surface area contributed by atoms with Gasteiger partial charge in [-0.05, 0) is 83.6 Å². The van der Waals surface area contributed by atoms with Gasteiger partial charge < -0.3 is 23.6 Å². The number of aromatic nitrogens is 2. The molecule has 2 aliphatic heterocycles. The van der Waals surface area contributed by atoms with Crippen molar-refractivity contribution in [3.05, 3.63) is 59.5 Å². The maximum atomic E-state index is 13.1. The number of piperidine rings is 1. The number of pyridine rings is 1. The van der Waals surface area contributed by atoms with Gasteiger partial charge in [0.1, 0.15) is 28.6 Å². The van der Waals surface area contributed by atoms with Crippen molar-refractivity contribution in [3.8, 4) is 17.0 Å². The van der Waals surface area contributed by atoms with Crippen molar-refractivity contribution in [2.45, 2.75) is 102 Å². The molecule has 3 fully saturated rings. The van der Waals surface area contributed by atoms with Gasteiger partial charge in [0.2, 0.25) is 0 Å². The number of hydrogen-bond acceptors (Lipinski definition) is 9. The summed E-state index contributed by atoms with van der Waals surface area (Å²) in [5.41, 5.74) is 5.30. The first-order chi connectivity index (χ1) is 21.8. The first-order valence-electron chi connectivity index (χ1n) is 15.3. The van der Waals surface area contributed by atoms with E-state index in [4.69, 9.17) is 14.0 Å². The minimum absolute atomic E-state index is 0.0748. The Bertz CT molecular complexity index is 1550. The van der Waals surface area contributed by atoms with Crippen LogP contribution in [-0.2, 0) is 16.1 Å². The number of carbonyl (C=O) groups is 2. The van der Waals surface area contributed by atoms with Crippen LogP contribution in [0.4, 0.5) is 23.8 Å². The molecular formula is C32H36F3N5O6. The molecule has 2 bridgehead atoms. The van der Waals surface area contributed by atoms with Crippen LogP contribution in [-0.4, -0.2) is 52.3 Å². The summed E-state index contributed by atoms with van der Waals surface area (Å²) < 4.78 is 60.9. The zero-order valence-corrected chi connectivity index (χ0v) is 25.7. The Labute approximate surface area is 263 Å². The zero-order chi connectivity index (χ0) is 32.6. The SMILES string of the molecule is CC(C)(C)OC(=O)NNC(=O)c1ccc(N2[C@@H]3CC[C@H]2CC(OCc2c(-c4ccccc4OC(F)(F)F)noc2C2CC2)C3)nc1. The van der Waals surface area contributed by atoms with E-state index in [-0.39, 0.29) is 47.6 Å². The molecule has 246 valence electrons. The van der Waals surface area contributed by atoms with E-state index in [1.165, 1.54) is 24.4 Å². The van der Waals surface area contributed by atoms with Crippen molar-refractivity contribution < 1.29 is 41.5 Å². The lowest BCUT2D eigenvalue weighted by Gasteiger charge is -2.39. The molecular weight excluding hydrogens is 607 g/mol. The fraction of sp³-hybridized carbons (Fsp3) is 0.500. The number of ether oxygens (including phenoxy) is 3. The van der Waals surface area contributed by atoms with Gasteiger partial charge in [-0.1, -0.05) is 17.3 Å². The number of anilines is 1. The van der Waals surface area contributed by atoms with E-state index < -0.39 is 24.0 Å². The van der Waals surface area contributed by atoms with Crippen molar-refractivity contribution in [3.63, 3.8) is 0 Å². The summed E-state index contributed by atoms with van der Waals surface area (Å²) in [6.07, 6.45) is 1.05. The monoisotopic (exact) mass is 643 g/mol. The van der Waals surface area contributed by atoms with Crippen LogP contribution in [0.25, 0.3) is 11.3 Å². The predicted octanol–water partition coefficient (Wildman–Crippen LogP) is 6.40. The molecule has 14 heteroatoms. The second kappa shape index (κ2) is 12.5. The standard InChI is InChI=1S/C32H36F3N5O6/c1-31(2,3)45-30(42)38-37-29(41)19-10-13-26(36-16-19)40-20-11-12-21(40)15-22(14-20)43-17-24-27(39-46-28(24)18-8-9-18)23-6-4-5-7-25(23)44-32(33,34)35/h4-7,10,13,16,18,20-22H,8-9,11-12,14-15,17H2,1-3H3,(H,37,41)(H,38,42)/t20-,21+,22?. The van der Waals surface area contributed by atoms with E-state index in [0.29, 0.717) is 17.0 Å². The van der Waals surface area contributed by atoms with Gasteiger partial charge in [0, 0.05) is 35.3 Å². The van der Waals surface area contributed by atoms with Crippen molar-refractivity contribution in [1.82, 2.24) is 21.0 Å². The summed E-state index contributed by atoms with van der Waals surface area (Å²) in [4.78, 5) is 31.1. The fourth-order valence-electron chi connectivity index (χ4n) is 6.21. The van der Waals surface area contributed by atoms with Crippen LogP contribution in [0.3, 0.4) is 0 Å². The van der Waals surface area contributed by atoms with Crippen molar-refractivity contribution in [2.24, 2.45) is 0 Å². The summed E-state index contributed by atoms with van der Waals surface area (Å²) in [7, 11) is 0. The van der Waals surface area contributed by atoms with Gasteiger partial charge in [0.15, 0.2) is 0 Å². The van der Waals surface area contributed by atoms with E-state index in [9.17, 15) is 22.8 Å². The highest BCUT2D eigenvalue weighted by atomic mass is 19.4. The van der Waals surface area contributed by atoms with Gasteiger partial charge in [-0.3, -0.25) is 10.2 Å². The van der Waals surface area contributed by atoms with Crippen LogP contribution in [0.15, 0.2) is 47.1 Å². The molecule has 1 aromatic carbocycles. The van der Waals surface area contributed by atoms with Crippen molar-refractivity contribution in [2.75, 3.05) is 4.90 Å². The van der Waals surface area contributed by atoms with Gasteiger partial charge in [0.05, 0.1) is 18.3 Å². The third kappa shape index (κ3) is 7.38. The molecule has 4 heterocycles.